The fourth-order valence-electron chi connectivity index (χ4n) is 2.90. The molecule has 0 spiro atoms. The van der Waals surface area contributed by atoms with Gasteiger partial charge in [-0.3, -0.25) is 4.79 Å². The second-order valence-corrected chi connectivity index (χ2v) is 7.77. The maximum absolute atomic E-state index is 12.7. The van der Waals surface area contributed by atoms with Crippen LogP contribution in [-0.4, -0.2) is 12.3 Å². The lowest BCUT2D eigenvalue weighted by molar-refractivity contribution is 0.103. The van der Waals surface area contributed by atoms with Gasteiger partial charge in [0, 0.05) is 27.2 Å². The summed E-state index contributed by atoms with van der Waals surface area (Å²) in [5, 5.41) is 3.98. The molecule has 0 bridgehead atoms. The van der Waals surface area contributed by atoms with Crippen molar-refractivity contribution < 1.29 is 4.79 Å². The second kappa shape index (κ2) is 9.83. The van der Waals surface area contributed by atoms with E-state index < -0.39 is 0 Å². The van der Waals surface area contributed by atoms with Gasteiger partial charge in [0.15, 0.2) is 5.78 Å². The molecule has 0 aliphatic rings. The van der Waals surface area contributed by atoms with Gasteiger partial charge in [0.25, 0.3) is 0 Å². The summed E-state index contributed by atoms with van der Waals surface area (Å²) < 4.78 is 0.700. The first-order chi connectivity index (χ1) is 13.6. The average Bonchev–Trinajstić information content (AvgIpc) is 2.71. The molecule has 0 radical (unpaired) electrons. The second-order valence-electron chi connectivity index (χ2n) is 6.48. The minimum absolute atomic E-state index is 0.0314. The molecular formula is C24H21BrClNO. The van der Waals surface area contributed by atoms with Crippen LogP contribution in [0.2, 0.25) is 5.02 Å². The summed E-state index contributed by atoms with van der Waals surface area (Å²) in [6.07, 6.45) is 2.88. The van der Waals surface area contributed by atoms with Crippen LogP contribution in [0.3, 0.4) is 0 Å². The molecule has 0 saturated carbocycles. The van der Waals surface area contributed by atoms with Gasteiger partial charge in [-0.1, -0.05) is 66.2 Å². The van der Waals surface area contributed by atoms with E-state index in [1.54, 1.807) is 18.2 Å². The lowest BCUT2D eigenvalue weighted by Gasteiger charge is -2.08. The number of carbonyl (C=O) groups is 1. The van der Waals surface area contributed by atoms with Gasteiger partial charge in [0.2, 0.25) is 0 Å². The van der Waals surface area contributed by atoms with Crippen molar-refractivity contribution >= 4 is 33.3 Å². The highest BCUT2D eigenvalue weighted by Crippen LogP contribution is 2.26. The zero-order valence-corrected chi connectivity index (χ0v) is 17.8. The third kappa shape index (κ3) is 5.20. The quantitative estimate of drug-likeness (QED) is 0.234. The van der Waals surface area contributed by atoms with Crippen LogP contribution in [0.15, 0.2) is 83.9 Å². The van der Waals surface area contributed by atoms with Crippen molar-refractivity contribution in [2.75, 3.05) is 6.54 Å². The maximum Gasteiger partial charge on any atom is 0.194 e. The monoisotopic (exact) mass is 453 g/mol. The summed E-state index contributed by atoms with van der Waals surface area (Å²) in [7, 11) is 0. The van der Waals surface area contributed by atoms with Crippen molar-refractivity contribution in [3.63, 3.8) is 0 Å². The molecule has 0 heterocycles. The molecule has 4 heteroatoms. The largest absolute Gasteiger partial charge is 0.312 e. The lowest BCUT2D eigenvalue weighted by atomic mass is 9.99. The molecule has 0 amide bonds. The van der Waals surface area contributed by atoms with Crippen molar-refractivity contribution in [1.82, 2.24) is 5.32 Å². The van der Waals surface area contributed by atoms with Crippen LogP contribution < -0.4 is 5.32 Å². The Balaban J connectivity index is 1.70. The first-order valence-corrected chi connectivity index (χ1v) is 10.3. The van der Waals surface area contributed by atoms with Crippen molar-refractivity contribution in [1.29, 1.82) is 0 Å². The van der Waals surface area contributed by atoms with Crippen LogP contribution in [0.5, 0.6) is 0 Å². The molecule has 0 unspecified atom stereocenters. The van der Waals surface area contributed by atoms with Crippen LogP contribution in [0.1, 0.15) is 27.9 Å². The Bertz CT molecular complexity index is 965. The average molecular weight is 455 g/mol. The van der Waals surface area contributed by atoms with Crippen LogP contribution in [-0.2, 0) is 6.54 Å². The van der Waals surface area contributed by atoms with Crippen molar-refractivity contribution in [2.24, 2.45) is 0 Å². The number of benzene rings is 3. The highest BCUT2D eigenvalue weighted by molar-refractivity contribution is 9.10. The van der Waals surface area contributed by atoms with Gasteiger partial charge >= 0.3 is 0 Å². The van der Waals surface area contributed by atoms with E-state index in [1.165, 1.54) is 5.56 Å². The van der Waals surface area contributed by atoms with Crippen molar-refractivity contribution in [2.45, 2.75) is 13.0 Å². The zero-order chi connectivity index (χ0) is 19.9. The van der Waals surface area contributed by atoms with Gasteiger partial charge in [-0.15, -0.1) is 6.58 Å². The Hall–Kier alpha value is -2.20. The van der Waals surface area contributed by atoms with E-state index in [1.807, 2.05) is 30.3 Å². The molecule has 0 aliphatic heterocycles. The Morgan fingerprint density at radius 2 is 1.64 bits per heavy atom. The molecule has 2 nitrogen and oxygen atoms in total. The van der Waals surface area contributed by atoms with E-state index in [2.05, 4.69) is 52.1 Å². The number of hydrogen-bond donors (Lipinski definition) is 1. The summed E-state index contributed by atoms with van der Waals surface area (Å²) in [5.74, 6) is -0.0314. The van der Waals surface area contributed by atoms with E-state index in [0.717, 1.165) is 30.6 Å². The molecule has 142 valence electrons. The molecule has 0 aromatic heterocycles. The molecule has 0 fully saturated rings. The third-order valence-corrected chi connectivity index (χ3v) is 5.36. The summed E-state index contributed by atoms with van der Waals surface area (Å²) >= 11 is 9.37. The highest BCUT2D eigenvalue weighted by atomic mass is 79.9. The molecule has 28 heavy (non-hydrogen) atoms. The highest BCUT2D eigenvalue weighted by Gasteiger charge is 2.13. The number of halogens is 2. The van der Waals surface area contributed by atoms with E-state index in [-0.39, 0.29) is 5.78 Å². The number of nitrogens with one attached hydrogen (secondary N) is 1. The number of rotatable bonds is 8. The van der Waals surface area contributed by atoms with Crippen molar-refractivity contribution in [3.05, 3.63) is 106 Å². The summed E-state index contributed by atoms with van der Waals surface area (Å²) in [6.45, 7) is 5.50. The van der Waals surface area contributed by atoms with Gasteiger partial charge in [-0.25, -0.2) is 0 Å². The Morgan fingerprint density at radius 3 is 2.25 bits per heavy atom. The Labute approximate surface area is 179 Å². The Kier molecular flexibility index (Phi) is 7.21. The van der Waals surface area contributed by atoms with Gasteiger partial charge in [-0.2, -0.15) is 0 Å². The fourth-order valence-corrected chi connectivity index (χ4v) is 3.76. The first kappa shape index (κ1) is 20.5. The van der Waals surface area contributed by atoms with Gasteiger partial charge in [0.05, 0.1) is 0 Å². The smallest absolute Gasteiger partial charge is 0.194 e. The van der Waals surface area contributed by atoms with E-state index in [0.29, 0.717) is 20.6 Å². The standard InChI is InChI=1S/C24H21BrClNO/c1-2-3-14-27-16-17-4-6-18(7-5-17)19-8-10-20(11-9-19)24(28)22-13-12-21(26)15-23(22)25/h2,4-13,15,27H,1,3,14,16H2. The molecule has 3 aromatic rings. The van der Waals surface area contributed by atoms with E-state index in [4.69, 9.17) is 11.6 Å². The van der Waals surface area contributed by atoms with Crippen LogP contribution >= 0.6 is 27.5 Å². The molecule has 1 N–H and O–H groups in total. The molecule has 0 atom stereocenters. The summed E-state index contributed by atoms with van der Waals surface area (Å²) in [5.41, 5.74) is 4.70. The van der Waals surface area contributed by atoms with Gasteiger partial charge in [-0.05, 0) is 63.8 Å². The molecular weight excluding hydrogens is 434 g/mol. The first-order valence-electron chi connectivity index (χ1n) is 9.09. The van der Waals surface area contributed by atoms with Crippen LogP contribution in [0.25, 0.3) is 11.1 Å². The molecule has 3 rings (SSSR count). The van der Waals surface area contributed by atoms with Gasteiger partial charge < -0.3 is 5.32 Å². The SMILES string of the molecule is C=CCCNCc1ccc(-c2ccc(C(=O)c3ccc(Cl)cc3Br)cc2)cc1. The predicted molar refractivity (Wildman–Crippen MR) is 121 cm³/mol. The normalized spacial score (nSPS) is 10.6. The molecule has 0 aliphatic carbocycles. The summed E-state index contributed by atoms with van der Waals surface area (Å²) in [6, 6.07) is 21.4. The molecule has 3 aromatic carbocycles. The predicted octanol–water partition coefficient (Wildman–Crippen LogP) is 6.67. The van der Waals surface area contributed by atoms with E-state index in [9.17, 15) is 4.79 Å². The Morgan fingerprint density at radius 1 is 1.00 bits per heavy atom. The topological polar surface area (TPSA) is 29.1 Å². The number of ketones is 1. The minimum Gasteiger partial charge on any atom is -0.312 e. The number of carbonyl (C=O) groups excluding carboxylic acids is 1. The third-order valence-electron chi connectivity index (χ3n) is 4.46. The van der Waals surface area contributed by atoms with Crippen LogP contribution in [0, 0.1) is 0 Å². The zero-order valence-electron chi connectivity index (χ0n) is 15.4. The lowest BCUT2D eigenvalue weighted by Crippen LogP contribution is -2.13. The maximum atomic E-state index is 12.7. The van der Waals surface area contributed by atoms with Crippen LogP contribution in [0.4, 0.5) is 0 Å². The summed E-state index contributed by atoms with van der Waals surface area (Å²) in [4.78, 5) is 12.7. The van der Waals surface area contributed by atoms with E-state index >= 15 is 0 Å². The fraction of sp³-hybridized carbons (Fsp3) is 0.125. The number of hydrogen-bond acceptors (Lipinski definition) is 2. The molecule has 0 saturated heterocycles. The van der Waals surface area contributed by atoms with Crippen molar-refractivity contribution in [3.8, 4) is 11.1 Å². The minimum atomic E-state index is -0.0314. The van der Waals surface area contributed by atoms with Gasteiger partial charge in [0.1, 0.15) is 0 Å².